The van der Waals surface area contributed by atoms with Gasteiger partial charge in [-0.25, -0.2) is 21.6 Å². The smallest absolute Gasteiger partial charge is 0.241 e. The van der Waals surface area contributed by atoms with Gasteiger partial charge in [-0.2, -0.15) is 0 Å². The summed E-state index contributed by atoms with van der Waals surface area (Å²) in [5, 5.41) is 12.4. The molecule has 2 aromatic carbocycles. The van der Waals surface area contributed by atoms with Crippen LogP contribution in [0.5, 0.6) is 5.75 Å². The van der Waals surface area contributed by atoms with Crippen LogP contribution in [-0.4, -0.2) is 40.1 Å². The summed E-state index contributed by atoms with van der Waals surface area (Å²) in [6.45, 7) is 10.6. The third-order valence-corrected chi connectivity index (χ3v) is 9.29. The number of sulfone groups is 1. The number of rotatable bonds is 8. The van der Waals surface area contributed by atoms with Crippen LogP contribution in [0.2, 0.25) is 0 Å². The number of phenols is 1. The molecule has 0 atom stereocenters. The molecule has 0 heterocycles. The van der Waals surface area contributed by atoms with Crippen LogP contribution < -0.4 is 10.0 Å². The number of sulfonamides is 1. The summed E-state index contributed by atoms with van der Waals surface area (Å²) in [7, 11) is -7.36. The first-order valence-electron chi connectivity index (χ1n) is 10.1. The fourth-order valence-electron chi connectivity index (χ4n) is 3.43. The molecule has 0 spiro atoms. The molecule has 0 unspecified atom stereocenters. The van der Waals surface area contributed by atoms with E-state index in [9.17, 15) is 26.7 Å². The second-order valence-electron chi connectivity index (χ2n) is 7.73. The number of aromatic hydroxyl groups is 1. The Kier molecular flexibility index (Phi) is 7.75. The van der Waals surface area contributed by atoms with Crippen molar-refractivity contribution in [3.8, 4) is 5.75 Å². The number of phenolic OH excluding ortho intramolecular Hbond substituents is 1. The van der Waals surface area contributed by atoms with Crippen molar-refractivity contribution in [2.24, 2.45) is 0 Å². The van der Waals surface area contributed by atoms with Crippen molar-refractivity contribution < 1.29 is 26.7 Å². The third-order valence-electron chi connectivity index (χ3n) is 5.83. The highest BCUT2D eigenvalue weighted by molar-refractivity contribution is 7.91. The van der Waals surface area contributed by atoms with Gasteiger partial charge in [0.1, 0.15) is 5.75 Å². The molecule has 32 heavy (non-hydrogen) atoms. The van der Waals surface area contributed by atoms with E-state index >= 15 is 0 Å². The van der Waals surface area contributed by atoms with E-state index in [4.69, 9.17) is 0 Å². The van der Waals surface area contributed by atoms with Crippen LogP contribution >= 0.6 is 0 Å². The predicted octanol–water partition coefficient (Wildman–Crippen LogP) is 3.04. The van der Waals surface area contributed by atoms with Gasteiger partial charge in [0.05, 0.1) is 21.2 Å². The van der Waals surface area contributed by atoms with E-state index in [1.807, 2.05) is 20.8 Å². The Morgan fingerprint density at radius 3 is 1.97 bits per heavy atom. The molecule has 0 aliphatic heterocycles. The van der Waals surface area contributed by atoms with Crippen LogP contribution in [0.1, 0.15) is 41.2 Å². The molecule has 0 saturated heterocycles. The molecule has 10 heteroatoms. The van der Waals surface area contributed by atoms with Crippen LogP contribution in [0.3, 0.4) is 0 Å². The molecular weight excluding hydrogens is 452 g/mol. The monoisotopic (exact) mass is 482 g/mol. The molecule has 0 bridgehead atoms. The van der Waals surface area contributed by atoms with Crippen molar-refractivity contribution in [2.75, 3.05) is 17.6 Å². The highest BCUT2D eigenvalue weighted by Crippen LogP contribution is 2.30. The molecule has 0 aliphatic carbocycles. The van der Waals surface area contributed by atoms with Crippen LogP contribution in [0.4, 0.5) is 5.69 Å². The molecule has 176 valence electrons. The van der Waals surface area contributed by atoms with Gasteiger partial charge in [0.25, 0.3) is 0 Å². The van der Waals surface area contributed by atoms with E-state index in [0.29, 0.717) is 11.1 Å². The molecular formula is C22H30N2O6S2. The Morgan fingerprint density at radius 1 is 0.906 bits per heavy atom. The van der Waals surface area contributed by atoms with Crippen molar-refractivity contribution >= 4 is 31.5 Å². The minimum absolute atomic E-state index is 0.0233. The lowest BCUT2D eigenvalue weighted by molar-refractivity contribution is -0.116. The minimum Gasteiger partial charge on any atom is -0.506 e. The molecule has 0 fully saturated rings. The van der Waals surface area contributed by atoms with E-state index in [1.54, 1.807) is 13.8 Å². The average molecular weight is 483 g/mol. The first-order valence-corrected chi connectivity index (χ1v) is 13.3. The summed E-state index contributed by atoms with van der Waals surface area (Å²) in [5.74, 6) is -0.978. The van der Waals surface area contributed by atoms with E-state index in [2.05, 4.69) is 10.0 Å². The van der Waals surface area contributed by atoms with Gasteiger partial charge in [0.2, 0.25) is 15.9 Å². The van der Waals surface area contributed by atoms with E-state index in [-0.39, 0.29) is 39.9 Å². The van der Waals surface area contributed by atoms with Crippen molar-refractivity contribution in [1.29, 1.82) is 0 Å². The van der Waals surface area contributed by atoms with E-state index < -0.39 is 25.8 Å². The summed E-state index contributed by atoms with van der Waals surface area (Å²) in [6.07, 6.45) is -0.203. The predicted molar refractivity (Wildman–Crippen MR) is 124 cm³/mol. The number of hydrogen-bond donors (Lipinski definition) is 3. The maximum Gasteiger partial charge on any atom is 0.241 e. The summed E-state index contributed by atoms with van der Waals surface area (Å²) in [5.41, 5.74) is 4.14. The zero-order valence-corrected chi connectivity index (χ0v) is 20.8. The van der Waals surface area contributed by atoms with Crippen molar-refractivity contribution in [3.05, 3.63) is 46.0 Å². The minimum atomic E-state index is -3.85. The summed E-state index contributed by atoms with van der Waals surface area (Å²) >= 11 is 0. The number of carbonyl (C=O) groups is 1. The summed E-state index contributed by atoms with van der Waals surface area (Å²) in [4.78, 5) is 12.5. The Labute approximate surface area is 190 Å². The molecule has 0 radical (unpaired) electrons. The molecule has 0 aliphatic rings. The first-order chi connectivity index (χ1) is 14.7. The zero-order valence-electron chi connectivity index (χ0n) is 19.2. The number of carbonyl (C=O) groups excluding carboxylic acids is 1. The quantitative estimate of drug-likeness (QED) is 0.496. The number of anilines is 1. The maximum atomic E-state index is 12.9. The molecule has 0 aromatic heterocycles. The molecule has 2 rings (SSSR count). The molecule has 2 aromatic rings. The molecule has 0 saturated carbocycles. The summed E-state index contributed by atoms with van der Waals surface area (Å²) in [6, 6.07) is 3.63. The van der Waals surface area contributed by atoms with Gasteiger partial charge in [-0.05, 0) is 80.6 Å². The van der Waals surface area contributed by atoms with Crippen molar-refractivity contribution in [2.45, 2.75) is 57.8 Å². The lowest BCUT2D eigenvalue weighted by Gasteiger charge is -2.19. The zero-order chi connectivity index (χ0) is 24.4. The lowest BCUT2D eigenvalue weighted by Crippen LogP contribution is -2.29. The van der Waals surface area contributed by atoms with Gasteiger partial charge >= 0.3 is 0 Å². The average Bonchev–Trinajstić information content (AvgIpc) is 2.72. The fraction of sp³-hybridized carbons (Fsp3) is 0.409. The van der Waals surface area contributed by atoms with Gasteiger partial charge in [0, 0.05) is 13.0 Å². The SMILES string of the molecule is CCS(=O)(=O)c1ccc(O)c(NC(=O)CCNS(=O)(=O)c2c(C)c(C)c(C)c(C)c2C)c1. The van der Waals surface area contributed by atoms with Gasteiger partial charge in [-0.1, -0.05) is 6.92 Å². The molecule has 1 amide bonds. The van der Waals surface area contributed by atoms with Gasteiger partial charge in [-0.3, -0.25) is 4.79 Å². The topological polar surface area (TPSA) is 130 Å². The van der Waals surface area contributed by atoms with Crippen LogP contribution in [0.25, 0.3) is 0 Å². The van der Waals surface area contributed by atoms with E-state index in [0.717, 1.165) is 16.7 Å². The largest absolute Gasteiger partial charge is 0.506 e. The highest BCUT2D eigenvalue weighted by atomic mass is 32.2. The van der Waals surface area contributed by atoms with Crippen LogP contribution in [-0.2, 0) is 24.7 Å². The fourth-order valence-corrected chi connectivity index (χ4v) is 5.96. The van der Waals surface area contributed by atoms with Crippen LogP contribution in [0.15, 0.2) is 28.0 Å². The number of hydrogen-bond acceptors (Lipinski definition) is 6. The highest BCUT2D eigenvalue weighted by Gasteiger charge is 2.23. The number of amides is 1. The van der Waals surface area contributed by atoms with E-state index in [1.165, 1.54) is 25.1 Å². The maximum absolute atomic E-state index is 12.9. The van der Waals surface area contributed by atoms with Gasteiger partial charge in [0.15, 0.2) is 9.84 Å². The lowest BCUT2D eigenvalue weighted by atomic mass is 9.95. The number of nitrogens with one attached hydrogen (secondary N) is 2. The van der Waals surface area contributed by atoms with Crippen molar-refractivity contribution in [1.82, 2.24) is 4.72 Å². The van der Waals surface area contributed by atoms with Gasteiger partial charge < -0.3 is 10.4 Å². The normalized spacial score (nSPS) is 12.1. The van der Waals surface area contributed by atoms with Crippen LogP contribution in [0, 0.1) is 34.6 Å². The Balaban J connectivity index is 2.14. The third kappa shape index (κ3) is 5.31. The Hall–Kier alpha value is -2.43. The standard InChI is InChI=1S/C22H30N2O6S2/c1-7-31(27,28)18-8-9-20(25)19(12-18)24-21(26)10-11-23-32(29,30)22-16(5)14(3)13(2)15(4)17(22)6/h8-9,12,23,25H,7,10-11H2,1-6H3,(H,24,26). The molecule has 3 N–H and O–H groups in total. The summed E-state index contributed by atoms with van der Waals surface area (Å²) < 4.78 is 52.3. The second kappa shape index (κ2) is 9.60. The Bertz CT molecular complexity index is 1240. The Morgan fingerprint density at radius 2 is 1.44 bits per heavy atom. The molecule has 8 nitrogen and oxygen atoms in total. The first kappa shape index (κ1) is 25.8. The van der Waals surface area contributed by atoms with Gasteiger partial charge in [-0.15, -0.1) is 0 Å². The second-order valence-corrected chi connectivity index (χ2v) is 11.7. The number of benzene rings is 2. The van der Waals surface area contributed by atoms with Crippen molar-refractivity contribution in [3.63, 3.8) is 0 Å².